The van der Waals surface area contributed by atoms with E-state index < -0.39 is 0 Å². The highest BCUT2D eigenvalue weighted by Crippen LogP contribution is 2.17. The van der Waals surface area contributed by atoms with Crippen LogP contribution in [0.25, 0.3) is 16.7 Å². The van der Waals surface area contributed by atoms with Crippen LogP contribution in [0, 0.1) is 19.7 Å². The van der Waals surface area contributed by atoms with E-state index in [0.29, 0.717) is 17.9 Å². The lowest BCUT2D eigenvalue weighted by Gasteiger charge is -2.08. The van der Waals surface area contributed by atoms with Crippen LogP contribution >= 0.6 is 0 Å². The Kier molecular flexibility index (Phi) is 5.12. The topological polar surface area (TPSA) is 64.7 Å². The first kappa shape index (κ1) is 18.9. The molecule has 2 heterocycles. The zero-order valence-electron chi connectivity index (χ0n) is 16.4. The van der Waals surface area contributed by atoms with Gasteiger partial charge in [-0.05, 0) is 50.6 Å². The molecule has 4 aromatic rings. The molecule has 1 N–H and O–H groups in total. The Morgan fingerprint density at radius 3 is 2.69 bits per heavy atom. The maximum Gasteiger partial charge on any atom is 0.271 e. The molecule has 0 spiro atoms. The fourth-order valence-corrected chi connectivity index (χ4v) is 3.46. The largest absolute Gasteiger partial charge is 0.351 e. The first-order chi connectivity index (χ1) is 14.0. The van der Waals surface area contributed by atoms with Gasteiger partial charge in [0.05, 0.1) is 11.0 Å². The van der Waals surface area contributed by atoms with Crippen molar-refractivity contribution in [3.8, 4) is 5.69 Å². The van der Waals surface area contributed by atoms with Gasteiger partial charge in [0.2, 0.25) is 0 Å². The first-order valence-corrected chi connectivity index (χ1v) is 9.56. The Balaban J connectivity index is 1.39. The molecule has 4 rings (SSSR count). The van der Waals surface area contributed by atoms with E-state index in [4.69, 9.17) is 0 Å². The maximum absolute atomic E-state index is 14.0. The Labute approximate surface area is 168 Å². The summed E-state index contributed by atoms with van der Waals surface area (Å²) < 4.78 is 17.6. The van der Waals surface area contributed by atoms with E-state index in [-0.39, 0.29) is 17.4 Å². The number of para-hydroxylation sites is 3. The fourth-order valence-electron chi connectivity index (χ4n) is 3.46. The molecule has 0 aliphatic rings. The number of fused-ring (bicyclic) bond motifs is 1. The molecule has 2 aromatic carbocycles. The van der Waals surface area contributed by atoms with Crippen LogP contribution in [0.5, 0.6) is 0 Å². The third-order valence-electron chi connectivity index (χ3n) is 4.89. The van der Waals surface area contributed by atoms with Crippen LogP contribution in [0.4, 0.5) is 4.39 Å². The maximum atomic E-state index is 14.0. The summed E-state index contributed by atoms with van der Waals surface area (Å²) in [5.74, 6) is 0.306. The van der Waals surface area contributed by atoms with Crippen molar-refractivity contribution in [1.82, 2.24) is 24.6 Å². The minimum Gasteiger partial charge on any atom is -0.351 e. The van der Waals surface area contributed by atoms with E-state index in [9.17, 15) is 9.18 Å². The summed E-state index contributed by atoms with van der Waals surface area (Å²) in [5, 5.41) is 7.17. The van der Waals surface area contributed by atoms with Gasteiger partial charge in [0.15, 0.2) is 5.69 Å². The molecule has 0 radical (unpaired) electrons. The van der Waals surface area contributed by atoms with Crippen molar-refractivity contribution >= 4 is 16.9 Å². The summed E-state index contributed by atoms with van der Waals surface area (Å²) in [7, 11) is 0. The predicted molar refractivity (Wildman–Crippen MR) is 110 cm³/mol. The Hall–Kier alpha value is -3.48. The smallest absolute Gasteiger partial charge is 0.271 e. The number of benzene rings is 2. The highest BCUT2D eigenvalue weighted by Gasteiger charge is 2.15. The Bertz CT molecular complexity index is 1180. The van der Waals surface area contributed by atoms with Crippen molar-refractivity contribution in [2.24, 2.45) is 0 Å². The van der Waals surface area contributed by atoms with Crippen molar-refractivity contribution in [1.29, 1.82) is 0 Å². The molecule has 0 bridgehead atoms. The van der Waals surface area contributed by atoms with Crippen LogP contribution in [0.3, 0.4) is 0 Å². The van der Waals surface area contributed by atoms with Gasteiger partial charge in [-0.3, -0.25) is 4.79 Å². The second-order valence-electron chi connectivity index (χ2n) is 6.94. The molecule has 0 aliphatic heterocycles. The SMILES string of the molecule is Cc1cc(C(=O)NCCCn2c(C)nc3ccccc32)nn1-c1ccccc1F. The quantitative estimate of drug-likeness (QED) is 0.509. The van der Waals surface area contributed by atoms with Crippen molar-refractivity contribution in [3.05, 3.63) is 77.6 Å². The predicted octanol–water partition coefficient (Wildman–Crippen LogP) is 3.80. The van der Waals surface area contributed by atoms with Gasteiger partial charge in [-0.1, -0.05) is 24.3 Å². The molecule has 1 amide bonds. The lowest BCUT2D eigenvalue weighted by Crippen LogP contribution is -2.26. The summed E-state index contributed by atoms with van der Waals surface area (Å²) in [6, 6.07) is 16.0. The normalized spacial score (nSPS) is 11.1. The first-order valence-electron chi connectivity index (χ1n) is 9.56. The van der Waals surface area contributed by atoms with Crippen LogP contribution in [-0.4, -0.2) is 31.8 Å². The van der Waals surface area contributed by atoms with Gasteiger partial charge in [-0.25, -0.2) is 14.1 Å². The van der Waals surface area contributed by atoms with E-state index in [2.05, 4.69) is 20.0 Å². The molecular formula is C22H22FN5O. The lowest BCUT2D eigenvalue weighted by molar-refractivity contribution is 0.0947. The Morgan fingerprint density at radius 1 is 1.10 bits per heavy atom. The molecule has 2 aromatic heterocycles. The minimum atomic E-state index is -0.381. The van der Waals surface area contributed by atoms with Gasteiger partial charge in [0.25, 0.3) is 5.91 Å². The second-order valence-corrected chi connectivity index (χ2v) is 6.94. The zero-order chi connectivity index (χ0) is 20.4. The second kappa shape index (κ2) is 7.87. The van der Waals surface area contributed by atoms with Crippen LogP contribution in [0.1, 0.15) is 28.4 Å². The summed E-state index contributed by atoms with van der Waals surface area (Å²) in [6.45, 7) is 5.05. The summed E-state index contributed by atoms with van der Waals surface area (Å²) in [4.78, 5) is 17.0. The Morgan fingerprint density at radius 2 is 1.86 bits per heavy atom. The molecule has 29 heavy (non-hydrogen) atoms. The van der Waals surface area contributed by atoms with Gasteiger partial charge in [0, 0.05) is 18.8 Å². The number of amides is 1. The number of carbonyl (C=O) groups excluding carboxylic acids is 1. The van der Waals surface area contributed by atoms with Crippen molar-refractivity contribution in [3.63, 3.8) is 0 Å². The van der Waals surface area contributed by atoms with Gasteiger partial charge < -0.3 is 9.88 Å². The molecular weight excluding hydrogens is 369 g/mol. The molecule has 7 heteroatoms. The molecule has 148 valence electrons. The van der Waals surface area contributed by atoms with Gasteiger partial charge in [-0.15, -0.1) is 0 Å². The average Bonchev–Trinajstić information content (AvgIpc) is 3.25. The number of rotatable bonds is 6. The number of halogens is 1. The fraction of sp³-hybridized carbons (Fsp3) is 0.227. The van der Waals surface area contributed by atoms with Crippen LogP contribution < -0.4 is 5.32 Å². The summed E-state index contributed by atoms with van der Waals surface area (Å²) >= 11 is 0. The third-order valence-corrected chi connectivity index (χ3v) is 4.89. The summed E-state index contributed by atoms with van der Waals surface area (Å²) in [6.07, 6.45) is 0.764. The molecule has 0 fully saturated rings. The highest BCUT2D eigenvalue weighted by molar-refractivity contribution is 5.92. The van der Waals surface area contributed by atoms with Gasteiger partial charge >= 0.3 is 0 Å². The number of aromatic nitrogens is 4. The van der Waals surface area contributed by atoms with Crippen molar-refractivity contribution in [2.45, 2.75) is 26.8 Å². The van der Waals surface area contributed by atoms with E-state index in [0.717, 1.165) is 29.8 Å². The van der Waals surface area contributed by atoms with Gasteiger partial charge in [0.1, 0.15) is 17.3 Å². The third kappa shape index (κ3) is 3.76. The monoisotopic (exact) mass is 391 g/mol. The van der Waals surface area contributed by atoms with E-state index in [1.54, 1.807) is 31.2 Å². The minimum absolute atomic E-state index is 0.268. The number of nitrogens with zero attached hydrogens (tertiary/aromatic N) is 4. The molecule has 0 aliphatic carbocycles. The number of hydrogen-bond donors (Lipinski definition) is 1. The van der Waals surface area contributed by atoms with E-state index in [1.165, 1.54) is 10.7 Å². The number of carbonyl (C=O) groups is 1. The number of imidazole rings is 1. The van der Waals surface area contributed by atoms with E-state index >= 15 is 0 Å². The standard InChI is InChI=1S/C22H22FN5O/c1-15-14-19(26-28(15)20-10-5-3-8-17(20)23)22(29)24-12-7-13-27-16(2)25-18-9-4-6-11-21(18)27/h3-6,8-11,14H,7,12-13H2,1-2H3,(H,24,29). The number of nitrogens with one attached hydrogen (secondary N) is 1. The molecule has 0 atom stereocenters. The van der Waals surface area contributed by atoms with Crippen LogP contribution in [-0.2, 0) is 6.54 Å². The molecule has 0 saturated heterocycles. The van der Waals surface area contributed by atoms with Crippen LogP contribution in [0.2, 0.25) is 0 Å². The van der Waals surface area contributed by atoms with Gasteiger partial charge in [-0.2, -0.15) is 5.10 Å². The number of hydrogen-bond acceptors (Lipinski definition) is 3. The zero-order valence-corrected chi connectivity index (χ0v) is 16.4. The lowest BCUT2D eigenvalue weighted by atomic mass is 10.3. The summed E-state index contributed by atoms with van der Waals surface area (Å²) in [5.41, 5.74) is 3.36. The van der Waals surface area contributed by atoms with Crippen molar-refractivity contribution < 1.29 is 9.18 Å². The van der Waals surface area contributed by atoms with Crippen LogP contribution in [0.15, 0.2) is 54.6 Å². The average molecular weight is 391 g/mol. The molecule has 6 nitrogen and oxygen atoms in total. The van der Waals surface area contributed by atoms with E-state index in [1.807, 2.05) is 31.2 Å². The molecule has 0 saturated carbocycles. The van der Waals surface area contributed by atoms with Crippen molar-refractivity contribution in [2.75, 3.05) is 6.54 Å². The highest BCUT2D eigenvalue weighted by atomic mass is 19.1. The molecule has 0 unspecified atom stereocenters. The number of aryl methyl sites for hydroxylation is 3.